The molecule has 2 aliphatic heterocycles. The van der Waals surface area contributed by atoms with Crippen LogP contribution < -0.4 is 15.2 Å². The number of nitrogens with two attached hydrogens (primary N) is 1. The van der Waals surface area contributed by atoms with Crippen LogP contribution in [0.5, 0.6) is 11.5 Å². The summed E-state index contributed by atoms with van der Waals surface area (Å²) < 4.78 is 152. The van der Waals surface area contributed by atoms with Crippen LogP contribution in [-0.4, -0.2) is 223 Å². The van der Waals surface area contributed by atoms with E-state index in [0.717, 1.165) is 23.1 Å². The largest absolute Gasteiger partial charge is 0.490 e. The van der Waals surface area contributed by atoms with Gasteiger partial charge in [0.25, 0.3) is 11.8 Å². The molecule has 0 saturated carbocycles. The number of aliphatic hydroxyl groups is 1. The number of amidine groups is 1. The Morgan fingerprint density at radius 2 is 1.14 bits per heavy atom. The molecule has 1 fully saturated rings. The first-order valence-corrected chi connectivity index (χ1v) is 29.2. The fourth-order valence-corrected chi connectivity index (χ4v) is 8.70. The predicted octanol–water partition coefficient (Wildman–Crippen LogP) is 4.87. The Hall–Kier alpha value is -5.77. The van der Waals surface area contributed by atoms with Gasteiger partial charge in [0, 0.05) is 37.2 Å². The maximum Gasteiger partial charge on any atom is 0.313 e. The number of hydrogen-bond donors (Lipinski definition) is 3. The number of hydroxylamine groups is 2. The Morgan fingerprint density at radius 3 is 1.60 bits per heavy atom. The van der Waals surface area contributed by atoms with Gasteiger partial charge in [-0.1, -0.05) is 25.1 Å². The van der Waals surface area contributed by atoms with Crippen LogP contribution in [0.2, 0.25) is 0 Å². The molecule has 4 N–H and O–H groups in total. The van der Waals surface area contributed by atoms with Crippen molar-refractivity contribution in [1.29, 1.82) is 0 Å². The summed E-state index contributed by atoms with van der Waals surface area (Å²) in [6.45, 7) is 11.0. The predicted molar refractivity (Wildman–Crippen MR) is 296 cm³/mol. The van der Waals surface area contributed by atoms with E-state index in [9.17, 15) is 45.5 Å². The van der Waals surface area contributed by atoms with E-state index in [1.54, 1.807) is 23.1 Å². The molecule has 1 saturated heterocycles. The number of hydrogen-bond acceptors (Lipinski definition) is 21. The summed E-state index contributed by atoms with van der Waals surface area (Å²) in [5.74, 6) is -12.5. The molecule has 2 aliphatic rings. The van der Waals surface area contributed by atoms with Gasteiger partial charge in [0.15, 0.2) is 16.5 Å². The summed E-state index contributed by atoms with van der Waals surface area (Å²) in [7, 11) is -5.65. The van der Waals surface area contributed by atoms with Gasteiger partial charge in [-0.2, -0.15) is 17.2 Å². The minimum atomic E-state index is -5.65. The number of aliphatic hydroxyl groups excluding tert-OH is 1. The van der Waals surface area contributed by atoms with Crippen molar-refractivity contribution in [1.82, 2.24) is 9.96 Å². The van der Waals surface area contributed by atoms with Crippen molar-refractivity contribution in [2.45, 2.75) is 50.5 Å². The van der Waals surface area contributed by atoms with Crippen molar-refractivity contribution in [2.24, 2.45) is 10.7 Å². The lowest BCUT2D eigenvalue weighted by molar-refractivity contribution is -0.180. The number of fused-ring (bicyclic) bond motifs is 1. The first kappa shape index (κ1) is 70.0. The second-order valence-corrected chi connectivity index (χ2v) is 19.9. The van der Waals surface area contributed by atoms with Gasteiger partial charge in [-0.15, -0.1) is 0 Å². The van der Waals surface area contributed by atoms with E-state index < -0.39 is 62.5 Å². The Balaban J connectivity index is 0.815. The molecule has 0 aliphatic carbocycles. The van der Waals surface area contributed by atoms with Gasteiger partial charge in [0.1, 0.15) is 18.2 Å². The minimum absolute atomic E-state index is 0.0123. The van der Waals surface area contributed by atoms with Gasteiger partial charge in [0.2, 0.25) is 17.4 Å². The maximum absolute atomic E-state index is 14.0. The van der Waals surface area contributed by atoms with Gasteiger partial charge in [-0.25, -0.2) is 18.8 Å². The zero-order chi connectivity index (χ0) is 61.4. The highest BCUT2D eigenvalue weighted by Crippen LogP contribution is 2.36. The lowest BCUT2D eigenvalue weighted by Crippen LogP contribution is -2.34. The third-order valence-electron chi connectivity index (χ3n) is 12.1. The van der Waals surface area contributed by atoms with Crippen LogP contribution in [0.15, 0.2) is 51.9 Å². The number of aliphatic imine (C=N–C) groups is 1. The van der Waals surface area contributed by atoms with Crippen LogP contribution in [0.4, 0.5) is 23.2 Å². The zero-order valence-electron chi connectivity index (χ0n) is 47.7. The molecule has 0 spiro atoms. The number of ether oxygens (including phenoxy) is 12. The van der Waals surface area contributed by atoms with Crippen molar-refractivity contribution >= 4 is 45.5 Å². The first-order valence-electron chi connectivity index (χ1n) is 27.7. The van der Waals surface area contributed by atoms with Gasteiger partial charge in [-0.05, 0) is 55.2 Å². The molecule has 5 rings (SSSR count). The standard InChI is InChI=1S/C56H76F4N4O20S/c1-3-11-64(83-4-2)55(67)42-34-41-6-5-39(35-45(41)62-47(61)37-42)40-7-8-44(56(68)63-12-9-43(65)38-63)46(36-40)82-33-32-81-31-30-80-29-28-79-27-26-78-25-24-77-23-22-76-21-20-75-19-18-74-17-16-73-15-14-72-13-10-48(66)84-53-49(57)51(59)54(85(69,70)71)52(60)50(53)58/h5-8,34-36,43,65H,3-4,9-33,37-38H2,1-2H3,(H2,61,62)(H,69,70,71)/t43-/m1/s1. The maximum atomic E-state index is 14.0. The summed E-state index contributed by atoms with van der Waals surface area (Å²) >= 11 is 0. The van der Waals surface area contributed by atoms with Crippen molar-refractivity contribution in [3.63, 3.8) is 0 Å². The second kappa shape index (κ2) is 38.4. The summed E-state index contributed by atoms with van der Waals surface area (Å²) in [5, 5.41) is 11.5. The Bertz CT molecular complexity index is 2730. The number of amides is 2. The van der Waals surface area contributed by atoms with E-state index in [-0.39, 0.29) is 71.0 Å². The minimum Gasteiger partial charge on any atom is -0.490 e. The molecule has 2 heterocycles. The van der Waals surface area contributed by atoms with E-state index in [1.807, 2.05) is 38.1 Å². The summed E-state index contributed by atoms with van der Waals surface area (Å²) in [6, 6.07) is 11.0. The average molecular weight is 1230 g/mol. The van der Waals surface area contributed by atoms with Crippen LogP contribution in [0.25, 0.3) is 17.2 Å². The number of halogens is 4. The summed E-state index contributed by atoms with van der Waals surface area (Å²) in [5.41, 5.74) is 10.0. The quantitative estimate of drug-likeness (QED) is 0.0130. The molecule has 2 amide bonds. The summed E-state index contributed by atoms with van der Waals surface area (Å²) in [6.07, 6.45) is 2.03. The normalized spacial score (nSPS) is 14.3. The molecule has 3 aromatic carbocycles. The molecule has 0 aromatic heterocycles. The monoisotopic (exact) mass is 1230 g/mol. The molecular formula is C56H76F4N4O20S. The third-order valence-corrected chi connectivity index (χ3v) is 13.0. The van der Waals surface area contributed by atoms with Crippen molar-refractivity contribution < 1.29 is 112 Å². The highest BCUT2D eigenvalue weighted by molar-refractivity contribution is 7.85. The highest BCUT2D eigenvalue weighted by atomic mass is 32.2. The third kappa shape index (κ3) is 24.1. The zero-order valence-corrected chi connectivity index (χ0v) is 48.5. The number of benzene rings is 3. The lowest BCUT2D eigenvalue weighted by Gasteiger charge is -2.21. The van der Waals surface area contributed by atoms with Crippen LogP contribution >= 0.6 is 0 Å². The lowest BCUT2D eigenvalue weighted by atomic mass is 9.99. The van der Waals surface area contributed by atoms with Crippen LogP contribution in [0.3, 0.4) is 0 Å². The number of rotatable bonds is 43. The first-order chi connectivity index (χ1) is 41.0. The fraction of sp³-hybridized carbons (Fsp3) is 0.571. The van der Waals surface area contributed by atoms with E-state index in [0.29, 0.717) is 147 Å². The molecule has 0 radical (unpaired) electrons. The smallest absolute Gasteiger partial charge is 0.313 e. The van der Waals surface area contributed by atoms with Crippen LogP contribution in [0, 0.1) is 23.3 Å². The van der Waals surface area contributed by atoms with Crippen molar-refractivity contribution in [3.05, 3.63) is 76.4 Å². The molecule has 29 heteroatoms. The molecule has 0 bridgehead atoms. The molecule has 3 aromatic rings. The molecule has 474 valence electrons. The van der Waals surface area contributed by atoms with Crippen molar-refractivity contribution in [3.8, 4) is 22.6 Å². The Morgan fingerprint density at radius 1 is 0.671 bits per heavy atom. The van der Waals surface area contributed by atoms with E-state index in [4.69, 9.17) is 67.2 Å². The van der Waals surface area contributed by atoms with E-state index in [2.05, 4.69) is 9.73 Å². The molecule has 85 heavy (non-hydrogen) atoms. The summed E-state index contributed by atoms with van der Waals surface area (Å²) in [4.78, 5) is 48.4. The fourth-order valence-electron chi connectivity index (χ4n) is 8.07. The second-order valence-electron chi connectivity index (χ2n) is 18.5. The molecule has 1 atom stereocenters. The highest BCUT2D eigenvalue weighted by Gasteiger charge is 2.34. The average Bonchev–Trinajstić information content (AvgIpc) is 2.53. The number of nitrogens with zero attached hydrogens (tertiary/aromatic N) is 3. The van der Waals surface area contributed by atoms with Crippen LogP contribution in [-0.2, 0) is 71.9 Å². The number of carbonyl (C=O) groups excluding carboxylic acids is 3. The number of likely N-dealkylation sites (tertiary alicyclic amines) is 1. The van der Waals surface area contributed by atoms with Gasteiger partial charge in [-0.3, -0.25) is 23.8 Å². The number of β-amino-alcohol motifs (C(OH)–C–C–N with tert-alkyl or cyclic N) is 1. The Kier molecular flexibility index (Phi) is 31.6. The van der Waals surface area contributed by atoms with Crippen molar-refractivity contribution in [2.75, 3.05) is 165 Å². The number of carbonyl (C=O) groups is 3. The van der Waals surface area contributed by atoms with E-state index >= 15 is 0 Å². The SMILES string of the molecule is CCCN(OCC)C(=O)C1=Cc2ccc(-c3ccc(C(=O)N4CC[C@@H](O)C4)c(OCCOCCOCCOCCOCCOCCOCCOCCOCCOCCOCCC(=O)Oc4c(F)c(F)c(S(=O)(=O)O)c(F)c4F)c3)cc2N=C(N)C1. The topological polar surface area (TPSA) is 291 Å². The van der Waals surface area contributed by atoms with Gasteiger partial charge < -0.3 is 72.6 Å². The Labute approximate surface area is 490 Å². The number of esters is 1. The molecule has 0 unspecified atom stereocenters. The molecular weight excluding hydrogens is 1160 g/mol. The van der Waals surface area contributed by atoms with Gasteiger partial charge >= 0.3 is 16.1 Å². The van der Waals surface area contributed by atoms with E-state index in [1.165, 1.54) is 5.06 Å². The van der Waals surface area contributed by atoms with Crippen LogP contribution in [0.1, 0.15) is 55.5 Å². The molecule has 24 nitrogen and oxygen atoms in total. The van der Waals surface area contributed by atoms with Gasteiger partial charge in [0.05, 0.1) is 163 Å².